The van der Waals surface area contributed by atoms with Gasteiger partial charge in [-0.3, -0.25) is 14.5 Å². The minimum atomic E-state index is -4.44. The van der Waals surface area contributed by atoms with E-state index in [4.69, 9.17) is 5.73 Å². The Hall–Kier alpha value is -3.64. The van der Waals surface area contributed by atoms with E-state index < -0.39 is 23.7 Å². The molecule has 1 aliphatic rings. The zero-order valence-corrected chi connectivity index (χ0v) is 20.9. The van der Waals surface area contributed by atoms with Gasteiger partial charge in [0.05, 0.1) is 29.9 Å². The highest BCUT2D eigenvalue weighted by Crippen LogP contribution is 2.30. The maximum atomic E-state index is 13.2. The molecule has 3 N–H and O–H groups in total. The molecule has 0 aliphatic carbocycles. The third kappa shape index (κ3) is 6.20. The van der Waals surface area contributed by atoms with Crippen LogP contribution in [0, 0.1) is 6.92 Å². The number of thiophene rings is 1. The molecule has 0 saturated carbocycles. The van der Waals surface area contributed by atoms with Crippen molar-refractivity contribution >= 4 is 34.7 Å². The number of nitrogens with zero attached hydrogens (tertiary/aromatic N) is 3. The number of alkyl halides is 3. The zero-order valence-electron chi connectivity index (χ0n) is 20.0. The molecular weight excluding hydrogens is 507 g/mol. The lowest BCUT2D eigenvalue weighted by atomic mass is 10.2. The van der Waals surface area contributed by atoms with Crippen molar-refractivity contribution in [3.63, 3.8) is 0 Å². The van der Waals surface area contributed by atoms with Gasteiger partial charge in [-0.1, -0.05) is 6.07 Å². The summed E-state index contributed by atoms with van der Waals surface area (Å²) in [6, 6.07) is 9.25. The van der Waals surface area contributed by atoms with Crippen LogP contribution in [-0.4, -0.2) is 64.8 Å². The van der Waals surface area contributed by atoms with Crippen LogP contribution in [0.15, 0.2) is 47.8 Å². The number of halogens is 3. The number of urea groups is 1. The van der Waals surface area contributed by atoms with Gasteiger partial charge in [0.1, 0.15) is 0 Å². The Balaban J connectivity index is 1.35. The second-order valence-electron chi connectivity index (χ2n) is 8.75. The molecule has 12 heteroatoms. The van der Waals surface area contributed by atoms with Gasteiger partial charge in [-0.2, -0.15) is 13.2 Å². The first-order valence-electron chi connectivity index (χ1n) is 11.5. The number of aromatic nitrogens is 1. The molecule has 4 rings (SSSR count). The van der Waals surface area contributed by atoms with Crippen molar-refractivity contribution in [1.29, 1.82) is 0 Å². The first kappa shape index (κ1) is 26.4. The van der Waals surface area contributed by atoms with E-state index in [1.54, 1.807) is 29.2 Å². The SMILES string of the molecule is Cc1c(C(N)=O)cc(C(=O)CN2CCN(C(=O)Nc3ccc(C(F)(F)F)cc3)CC2)n1Cc1cccs1. The average molecular weight is 534 g/mol. The number of primary amides is 1. The molecule has 3 amide bonds. The first-order chi connectivity index (χ1) is 17.5. The summed E-state index contributed by atoms with van der Waals surface area (Å²) in [6.07, 6.45) is -4.44. The molecule has 1 aliphatic heterocycles. The largest absolute Gasteiger partial charge is 0.416 e. The molecule has 196 valence electrons. The lowest BCUT2D eigenvalue weighted by Crippen LogP contribution is -2.51. The van der Waals surface area contributed by atoms with E-state index in [9.17, 15) is 27.6 Å². The highest BCUT2D eigenvalue weighted by Gasteiger charge is 2.30. The van der Waals surface area contributed by atoms with Crippen LogP contribution in [0.1, 0.15) is 37.0 Å². The van der Waals surface area contributed by atoms with E-state index in [1.807, 2.05) is 27.0 Å². The number of amides is 3. The van der Waals surface area contributed by atoms with Crippen LogP contribution in [-0.2, 0) is 12.7 Å². The summed E-state index contributed by atoms with van der Waals surface area (Å²) in [5.74, 6) is -0.751. The molecular formula is C25H26F3N5O3S. The normalized spacial score (nSPS) is 14.5. The molecule has 2 aromatic heterocycles. The molecule has 0 spiro atoms. The number of carbonyl (C=O) groups is 3. The van der Waals surface area contributed by atoms with Crippen LogP contribution in [0.4, 0.5) is 23.7 Å². The highest BCUT2D eigenvalue weighted by molar-refractivity contribution is 7.09. The van der Waals surface area contributed by atoms with Crippen LogP contribution < -0.4 is 11.1 Å². The minimum Gasteiger partial charge on any atom is -0.366 e. The summed E-state index contributed by atoms with van der Waals surface area (Å²) < 4.78 is 40.0. The number of ketones is 1. The van der Waals surface area contributed by atoms with Crippen molar-refractivity contribution in [2.45, 2.75) is 19.6 Å². The summed E-state index contributed by atoms with van der Waals surface area (Å²) in [5, 5.41) is 4.55. The Bertz CT molecular complexity index is 1280. The lowest BCUT2D eigenvalue weighted by Gasteiger charge is -2.34. The van der Waals surface area contributed by atoms with Crippen molar-refractivity contribution in [3.8, 4) is 0 Å². The standard InChI is InChI=1S/C25H26F3N5O3S/c1-16-20(23(29)35)13-21(33(16)14-19-3-2-12-37-19)22(34)15-31-8-10-32(11-9-31)24(36)30-18-6-4-17(5-7-18)25(26,27)28/h2-7,12-13H,8-11,14-15H2,1H3,(H2,29,35)(H,30,36). The predicted molar refractivity (Wildman–Crippen MR) is 134 cm³/mol. The molecule has 0 radical (unpaired) electrons. The Kier molecular flexibility index (Phi) is 7.69. The second-order valence-corrected chi connectivity index (χ2v) is 9.78. The van der Waals surface area contributed by atoms with Crippen molar-refractivity contribution in [2.75, 3.05) is 38.0 Å². The number of hydrogen-bond acceptors (Lipinski definition) is 5. The van der Waals surface area contributed by atoms with Crippen molar-refractivity contribution in [3.05, 3.63) is 75.2 Å². The van der Waals surface area contributed by atoms with E-state index in [2.05, 4.69) is 5.32 Å². The number of benzene rings is 1. The van der Waals surface area contributed by atoms with Gasteiger partial charge in [0, 0.05) is 42.4 Å². The van der Waals surface area contributed by atoms with E-state index in [1.165, 1.54) is 12.1 Å². The highest BCUT2D eigenvalue weighted by atomic mass is 32.1. The van der Waals surface area contributed by atoms with Gasteiger partial charge in [0.2, 0.25) is 0 Å². The molecule has 1 saturated heterocycles. The van der Waals surface area contributed by atoms with Gasteiger partial charge >= 0.3 is 12.2 Å². The summed E-state index contributed by atoms with van der Waals surface area (Å²) in [7, 11) is 0. The quantitative estimate of drug-likeness (QED) is 0.448. The smallest absolute Gasteiger partial charge is 0.366 e. The van der Waals surface area contributed by atoms with E-state index in [0.29, 0.717) is 49.7 Å². The fourth-order valence-electron chi connectivity index (χ4n) is 4.23. The molecule has 8 nitrogen and oxygen atoms in total. The van der Waals surface area contributed by atoms with E-state index in [-0.39, 0.29) is 18.0 Å². The summed E-state index contributed by atoms with van der Waals surface area (Å²) >= 11 is 1.55. The van der Waals surface area contributed by atoms with Crippen molar-refractivity contribution in [1.82, 2.24) is 14.4 Å². The number of carbonyl (C=O) groups excluding carboxylic acids is 3. The van der Waals surface area contributed by atoms with Crippen LogP contribution in [0.2, 0.25) is 0 Å². The minimum absolute atomic E-state index is 0.112. The number of anilines is 1. The molecule has 1 aromatic carbocycles. The van der Waals surface area contributed by atoms with E-state index in [0.717, 1.165) is 17.0 Å². The number of nitrogens with two attached hydrogens (primary N) is 1. The third-order valence-corrected chi connectivity index (χ3v) is 7.16. The molecule has 0 bridgehead atoms. The number of nitrogens with one attached hydrogen (secondary N) is 1. The molecule has 0 atom stereocenters. The molecule has 37 heavy (non-hydrogen) atoms. The van der Waals surface area contributed by atoms with E-state index >= 15 is 0 Å². The Labute approximate surface area is 215 Å². The van der Waals surface area contributed by atoms with Gasteiger partial charge in [0.15, 0.2) is 5.78 Å². The van der Waals surface area contributed by atoms with Gasteiger partial charge in [-0.15, -0.1) is 11.3 Å². The fraction of sp³-hybridized carbons (Fsp3) is 0.320. The topological polar surface area (TPSA) is 101 Å². The maximum Gasteiger partial charge on any atom is 0.416 e. The summed E-state index contributed by atoms with van der Waals surface area (Å²) in [6.45, 7) is 3.91. The second kappa shape index (κ2) is 10.8. The van der Waals surface area contributed by atoms with Crippen LogP contribution >= 0.6 is 11.3 Å². The Morgan fingerprint density at radius 1 is 1.05 bits per heavy atom. The summed E-state index contributed by atoms with van der Waals surface area (Å²) in [5.41, 5.74) is 6.34. The number of rotatable bonds is 7. The fourth-order valence-corrected chi connectivity index (χ4v) is 4.92. The number of Topliss-reactive ketones (excluding diaryl/α,β-unsaturated/α-hetero) is 1. The monoisotopic (exact) mass is 533 g/mol. The van der Waals surface area contributed by atoms with Crippen LogP contribution in [0.5, 0.6) is 0 Å². The zero-order chi connectivity index (χ0) is 26.7. The molecule has 1 fully saturated rings. The Morgan fingerprint density at radius 2 is 1.73 bits per heavy atom. The molecule has 0 unspecified atom stereocenters. The third-order valence-electron chi connectivity index (χ3n) is 6.30. The number of piperazine rings is 1. The lowest BCUT2D eigenvalue weighted by molar-refractivity contribution is -0.137. The number of hydrogen-bond donors (Lipinski definition) is 2. The molecule has 3 aromatic rings. The van der Waals surface area contributed by atoms with Crippen LogP contribution in [0.3, 0.4) is 0 Å². The maximum absolute atomic E-state index is 13.2. The Morgan fingerprint density at radius 3 is 2.30 bits per heavy atom. The average Bonchev–Trinajstić information content (AvgIpc) is 3.48. The van der Waals surface area contributed by atoms with Crippen LogP contribution in [0.25, 0.3) is 0 Å². The van der Waals surface area contributed by atoms with Gasteiger partial charge in [-0.05, 0) is 48.7 Å². The van der Waals surface area contributed by atoms with Gasteiger partial charge in [-0.25, -0.2) is 4.79 Å². The van der Waals surface area contributed by atoms with Gasteiger partial charge in [0.25, 0.3) is 5.91 Å². The molecule has 3 heterocycles. The van der Waals surface area contributed by atoms with Crippen molar-refractivity contribution < 1.29 is 27.6 Å². The van der Waals surface area contributed by atoms with Gasteiger partial charge < -0.3 is 20.5 Å². The summed E-state index contributed by atoms with van der Waals surface area (Å²) in [4.78, 5) is 42.2. The van der Waals surface area contributed by atoms with Crippen molar-refractivity contribution in [2.24, 2.45) is 5.73 Å². The predicted octanol–water partition coefficient (Wildman–Crippen LogP) is 4.06. The first-order valence-corrected chi connectivity index (χ1v) is 12.4.